The number of hydrogen-bond acceptors (Lipinski definition) is 4. The molecule has 0 bridgehead atoms. The Hall–Kier alpha value is -2.50. The van der Waals surface area contributed by atoms with Gasteiger partial charge in [0.05, 0.1) is 23.0 Å². The van der Waals surface area contributed by atoms with Gasteiger partial charge in [0, 0.05) is 22.4 Å². The first-order valence-electron chi connectivity index (χ1n) is 7.38. The second-order valence-electron chi connectivity index (χ2n) is 5.40. The topological polar surface area (TPSA) is 31.2 Å². The van der Waals surface area contributed by atoms with Gasteiger partial charge < -0.3 is 4.74 Å². The van der Waals surface area contributed by atoms with Crippen molar-refractivity contribution in [3.05, 3.63) is 64.4 Å². The molecule has 0 fully saturated rings. The van der Waals surface area contributed by atoms with Crippen LogP contribution in [-0.4, -0.2) is 23.0 Å². The minimum Gasteiger partial charge on any atom is -0.497 e. The van der Waals surface area contributed by atoms with E-state index in [-0.39, 0.29) is 0 Å². The molecular weight excluding hydrogens is 338 g/mol. The van der Waals surface area contributed by atoms with E-state index in [4.69, 9.17) is 17.0 Å². The number of nitrogens with zero attached hydrogens (tertiary/aromatic N) is 1. The SMILES string of the molecule is COc1ccc2c3ccc(C=O)cc3n(C(=S)c3cccs3)c2c1. The van der Waals surface area contributed by atoms with E-state index in [0.29, 0.717) is 5.56 Å². The van der Waals surface area contributed by atoms with Gasteiger partial charge in [-0.15, -0.1) is 11.3 Å². The van der Waals surface area contributed by atoms with Gasteiger partial charge in [0.15, 0.2) is 0 Å². The van der Waals surface area contributed by atoms with Gasteiger partial charge in [-0.2, -0.15) is 0 Å². The number of fused-ring (bicyclic) bond motifs is 3. The molecule has 118 valence electrons. The van der Waals surface area contributed by atoms with Gasteiger partial charge in [0.1, 0.15) is 17.0 Å². The van der Waals surface area contributed by atoms with Crippen LogP contribution in [0.1, 0.15) is 15.2 Å². The van der Waals surface area contributed by atoms with E-state index < -0.39 is 0 Å². The first-order chi connectivity index (χ1) is 11.7. The molecule has 24 heavy (non-hydrogen) atoms. The molecule has 0 amide bonds. The normalized spacial score (nSPS) is 11.0. The monoisotopic (exact) mass is 351 g/mol. The van der Waals surface area contributed by atoms with Crippen LogP contribution in [0, 0.1) is 0 Å². The van der Waals surface area contributed by atoms with Crippen molar-refractivity contribution in [3.63, 3.8) is 0 Å². The molecule has 2 aromatic carbocycles. The average molecular weight is 351 g/mol. The maximum atomic E-state index is 11.2. The minimum atomic E-state index is 0.632. The number of aldehydes is 1. The molecular formula is C19H13NO2S2. The molecule has 0 aliphatic heterocycles. The molecule has 0 radical (unpaired) electrons. The summed E-state index contributed by atoms with van der Waals surface area (Å²) in [5, 5.41) is 4.16. The van der Waals surface area contributed by atoms with Gasteiger partial charge in [-0.05, 0) is 29.6 Å². The zero-order valence-electron chi connectivity index (χ0n) is 12.9. The van der Waals surface area contributed by atoms with Crippen molar-refractivity contribution in [1.29, 1.82) is 0 Å². The molecule has 0 aliphatic rings. The molecule has 2 heterocycles. The van der Waals surface area contributed by atoms with Gasteiger partial charge in [-0.3, -0.25) is 9.36 Å². The number of carbonyl (C=O) groups excluding carboxylic acids is 1. The fourth-order valence-corrected chi connectivity index (χ4v) is 4.01. The Labute approximate surface area is 148 Å². The smallest absolute Gasteiger partial charge is 0.150 e. The highest BCUT2D eigenvalue weighted by molar-refractivity contribution is 7.81. The lowest BCUT2D eigenvalue weighted by Crippen LogP contribution is -2.08. The average Bonchev–Trinajstić information content (AvgIpc) is 3.26. The standard InChI is InChI=1S/C19H13NO2S2/c1-22-13-5-7-15-14-6-4-12(11-21)9-16(14)20(17(15)10-13)19(23)18-3-2-8-24-18/h2-11H,1H3. The van der Waals surface area contributed by atoms with Crippen molar-refractivity contribution in [2.75, 3.05) is 7.11 Å². The lowest BCUT2D eigenvalue weighted by atomic mass is 10.1. The van der Waals surface area contributed by atoms with Gasteiger partial charge in [0.25, 0.3) is 0 Å². The highest BCUT2D eigenvalue weighted by Crippen LogP contribution is 2.33. The Balaban J connectivity index is 2.12. The number of thiophene rings is 1. The van der Waals surface area contributed by atoms with E-state index >= 15 is 0 Å². The van der Waals surface area contributed by atoms with Crippen molar-refractivity contribution in [3.8, 4) is 5.75 Å². The maximum absolute atomic E-state index is 11.2. The van der Waals surface area contributed by atoms with Crippen LogP contribution in [0.15, 0.2) is 53.9 Å². The second-order valence-corrected chi connectivity index (χ2v) is 6.73. The Morgan fingerprint density at radius 2 is 1.88 bits per heavy atom. The third-order valence-corrected chi connectivity index (χ3v) is 5.48. The van der Waals surface area contributed by atoms with Gasteiger partial charge in [-0.25, -0.2) is 0 Å². The van der Waals surface area contributed by atoms with Crippen molar-refractivity contribution in [1.82, 2.24) is 4.57 Å². The Morgan fingerprint density at radius 3 is 2.54 bits per heavy atom. The van der Waals surface area contributed by atoms with E-state index in [0.717, 1.165) is 43.7 Å². The molecule has 4 aromatic rings. The molecule has 0 saturated heterocycles. The molecule has 0 aliphatic carbocycles. The van der Waals surface area contributed by atoms with Gasteiger partial charge >= 0.3 is 0 Å². The number of aromatic nitrogens is 1. The molecule has 0 atom stereocenters. The summed E-state index contributed by atoms with van der Waals surface area (Å²) in [7, 11) is 1.65. The third-order valence-electron chi connectivity index (χ3n) is 4.07. The number of hydrogen-bond donors (Lipinski definition) is 0. The number of rotatable bonds is 3. The Bertz CT molecular complexity index is 1080. The van der Waals surface area contributed by atoms with Crippen LogP contribution in [-0.2, 0) is 0 Å². The first-order valence-corrected chi connectivity index (χ1v) is 8.67. The molecule has 0 saturated carbocycles. The molecule has 2 aromatic heterocycles. The summed E-state index contributed by atoms with van der Waals surface area (Å²) >= 11 is 7.36. The molecule has 4 rings (SSSR count). The summed E-state index contributed by atoms with van der Waals surface area (Å²) in [5.41, 5.74) is 2.54. The molecule has 3 nitrogen and oxygen atoms in total. The molecule has 5 heteroatoms. The van der Waals surface area contributed by atoms with Crippen molar-refractivity contribution < 1.29 is 9.53 Å². The predicted octanol–water partition coefficient (Wildman–Crippen LogP) is 4.90. The van der Waals surface area contributed by atoms with Crippen LogP contribution in [0.5, 0.6) is 5.75 Å². The maximum Gasteiger partial charge on any atom is 0.150 e. The Morgan fingerprint density at radius 1 is 1.12 bits per heavy atom. The van der Waals surface area contributed by atoms with E-state index in [2.05, 4.69) is 0 Å². The fourth-order valence-electron chi connectivity index (χ4n) is 2.94. The third kappa shape index (κ3) is 2.25. The highest BCUT2D eigenvalue weighted by atomic mass is 32.1. The van der Waals surface area contributed by atoms with Crippen LogP contribution >= 0.6 is 23.6 Å². The van der Waals surface area contributed by atoms with Crippen molar-refractivity contribution in [2.45, 2.75) is 0 Å². The van der Waals surface area contributed by atoms with Crippen LogP contribution in [0.3, 0.4) is 0 Å². The van der Waals surface area contributed by atoms with Crippen LogP contribution in [0.4, 0.5) is 0 Å². The van der Waals surface area contributed by atoms with Crippen LogP contribution in [0.25, 0.3) is 21.8 Å². The van der Waals surface area contributed by atoms with Gasteiger partial charge in [-0.1, -0.05) is 30.4 Å². The summed E-state index contributed by atoms with van der Waals surface area (Å²) in [4.78, 5) is 13.0. The van der Waals surface area contributed by atoms with Crippen LogP contribution in [0.2, 0.25) is 0 Å². The molecule has 0 spiro atoms. The fraction of sp³-hybridized carbons (Fsp3) is 0.0526. The lowest BCUT2D eigenvalue weighted by Gasteiger charge is -2.08. The van der Waals surface area contributed by atoms with E-state index in [9.17, 15) is 4.79 Å². The predicted molar refractivity (Wildman–Crippen MR) is 103 cm³/mol. The Kier molecular flexibility index (Phi) is 3.67. The quantitative estimate of drug-likeness (QED) is 0.388. The number of methoxy groups -OCH3 is 1. The minimum absolute atomic E-state index is 0.632. The number of carbonyl (C=O) groups is 1. The first kappa shape index (κ1) is 15.1. The second kappa shape index (κ2) is 5.85. The van der Waals surface area contributed by atoms with Gasteiger partial charge in [0.2, 0.25) is 0 Å². The largest absolute Gasteiger partial charge is 0.497 e. The summed E-state index contributed by atoms with van der Waals surface area (Å²) in [6.45, 7) is 0. The highest BCUT2D eigenvalue weighted by Gasteiger charge is 2.16. The lowest BCUT2D eigenvalue weighted by molar-refractivity contribution is 0.112. The molecule has 0 N–H and O–H groups in total. The van der Waals surface area contributed by atoms with Crippen molar-refractivity contribution in [2.24, 2.45) is 0 Å². The summed E-state index contributed by atoms with van der Waals surface area (Å²) in [5.74, 6) is 0.774. The van der Waals surface area contributed by atoms with E-state index in [1.807, 2.05) is 58.5 Å². The van der Waals surface area contributed by atoms with E-state index in [1.165, 1.54) is 0 Å². The number of benzene rings is 2. The summed E-state index contributed by atoms with van der Waals surface area (Å²) in [6.07, 6.45) is 0.857. The van der Waals surface area contributed by atoms with E-state index in [1.54, 1.807) is 18.4 Å². The number of thiocarbonyl (C=S) groups is 1. The zero-order valence-corrected chi connectivity index (χ0v) is 14.5. The van der Waals surface area contributed by atoms with Crippen LogP contribution < -0.4 is 4.74 Å². The molecule has 0 unspecified atom stereocenters. The zero-order chi connectivity index (χ0) is 16.7. The summed E-state index contributed by atoms with van der Waals surface area (Å²) < 4.78 is 7.41. The number of ether oxygens (including phenoxy) is 1. The summed E-state index contributed by atoms with van der Waals surface area (Å²) in [6, 6.07) is 15.6. The van der Waals surface area contributed by atoms with Crippen molar-refractivity contribution >= 4 is 56.6 Å².